The predicted octanol–water partition coefficient (Wildman–Crippen LogP) is 5.22. The van der Waals surface area contributed by atoms with E-state index in [4.69, 9.17) is 15.7 Å². The van der Waals surface area contributed by atoms with Crippen LogP contribution in [0.1, 0.15) is 63.0 Å². The number of nitrogens with two attached hydrogens (primary N) is 1. The summed E-state index contributed by atoms with van der Waals surface area (Å²) in [6.07, 6.45) is 10.7. The monoisotopic (exact) mass is 495 g/mol. The standard InChI is InChI=1S/C23H30FN7.2ClH/c24-19-8-4-1-5-15(19)13-26-21-20-22(31(14-27-20)18-6-2-3-7-18)30-23(29-21)28-17-11-9-16(25)10-12-17;;/h1,4-5,8,14,16-18H,2-3,6-7,9-13,25H2,(H2,26,28,29,30);2*1H/t16-,17-;;. The van der Waals surface area contributed by atoms with Crippen molar-refractivity contribution in [3.05, 3.63) is 42.0 Å². The Hall–Kier alpha value is -2.16. The molecule has 2 fully saturated rings. The first-order valence-electron chi connectivity index (χ1n) is 11.4. The summed E-state index contributed by atoms with van der Waals surface area (Å²) >= 11 is 0. The van der Waals surface area contributed by atoms with Gasteiger partial charge >= 0.3 is 0 Å². The highest BCUT2D eigenvalue weighted by atomic mass is 35.5. The van der Waals surface area contributed by atoms with Crippen LogP contribution in [0.2, 0.25) is 0 Å². The maximum atomic E-state index is 14.1. The number of aromatic nitrogens is 4. The highest BCUT2D eigenvalue weighted by Gasteiger charge is 2.24. The minimum atomic E-state index is -0.228. The fraction of sp³-hybridized carbons (Fsp3) is 0.522. The number of benzene rings is 1. The largest absolute Gasteiger partial charge is 0.364 e. The SMILES string of the molecule is Cl.Cl.N[C@H]1CC[C@H](Nc2nc(NCc3ccccc3F)c3ncn(C4CCCC4)c3n2)CC1. The molecule has 0 unspecified atom stereocenters. The summed E-state index contributed by atoms with van der Waals surface area (Å²) in [7, 11) is 0. The molecule has 0 radical (unpaired) electrons. The summed E-state index contributed by atoms with van der Waals surface area (Å²) in [6, 6.07) is 7.83. The molecule has 2 aromatic heterocycles. The lowest BCUT2D eigenvalue weighted by Crippen LogP contribution is -2.33. The lowest BCUT2D eigenvalue weighted by molar-refractivity contribution is 0.410. The maximum Gasteiger partial charge on any atom is 0.227 e. The highest BCUT2D eigenvalue weighted by Crippen LogP contribution is 2.33. The van der Waals surface area contributed by atoms with Gasteiger partial charge in [-0.25, -0.2) is 9.37 Å². The van der Waals surface area contributed by atoms with Crippen LogP contribution in [0, 0.1) is 5.82 Å². The van der Waals surface area contributed by atoms with E-state index in [1.54, 1.807) is 12.1 Å². The Morgan fingerprint density at radius 2 is 1.73 bits per heavy atom. The molecule has 4 N–H and O–H groups in total. The molecule has 0 spiro atoms. The number of nitrogens with zero attached hydrogens (tertiary/aromatic N) is 4. The summed E-state index contributed by atoms with van der Waals surface area (Å²) in [6.45, 7) is 0.340. The molecule has 0 saturated heterocycles. The lowest BCUT2D eigenvalue weighted by Gasteiger charge is -2.27. The number of hydrogen-bond acceptors (Lipinski definition) is 6. The molecule has 1 aromatic carbocycles. The van der Waals surface area contributed by atoms with Crippen molar-refractivity contribution >= 4 is 47.7 Å². The van der Waals surface area contributed by atoms with Crippen LogP contribution in [0.4, 0.5) is 16.2 Å². The van der Waals surface area contributed by atoms with E-state index >= 15 is 0 Å². The Balaban J connectivity index is 0.00000153. The number of nitrogens with one attached hydrogen (secondary N) is 2. The Kier molecular flexibility index (Phi) is 8.73. The van der Waals surface area contributed by atoms with Crippen LogP contribution < -0.4 is 16.4 Å². The number of rotatable bonds is 6. The van der Waals surface area contributed by atoms with Crippen molar-refractivity contribution in [2.75, 3.05) is 10.6 Å². The van der Waals surface area contributed by atoms with Gasteiger partial charge in [-0.05, 0) is 44.6 Å². The zero-order valence-electron chi connectivity index (χ0n) is 18.5. The molecule has 5 rings (SSSR count). The molecule has 2 heterocycles. The third-order valence-corrected chi connectivity index (χ3v) is 6.65. The zero-order chi connectivity index (χ0) is 21.2. The van der Waals surface area contributed by atoms with E-state index in [0.717, 1.165) is 49.7 Å². The fourth-order valence-electron chi connectivity index (χ4n) is 4.82. The highest BCUT2D eigenvalue weighted by molar-refractivity contribution is 5.86. The van der Waals surface area contributed by atoms with Gasteiger partial charge in [0.1, 0.15) is 5.82 Å². The van der Waals surface area contributed by atoms with Crippen molar-refractivity contribution < 1.29 is 4.39 Å². The number of anilines is 2. The fourth-order valence-corrected chi connectivity index (χ4v) is 4.82. The average molecular weight is 496 g/mol. The molecule has 7 nitrogen and oxygen atoms in total. The maximum absolute atomic E-state index is 14.1. The third-order valence-electron chi connectivity index (χ3n) is 6.65. The second-order valence-corrected chi connectivity index (χ2v) is 8.86. The second-order valence-electron chi connectivity index (χ2n) is 8.86. The van der Waals surface area contributed by atoms with Gasteiger partial charge in [-0.15, -0.1) is 24.8 Å². The number of hydrogen-bond donors (Lipinski definition) is 3. The Morgan fingerprint density at radius 1 is 1.00 bits per heavy atom. The first-order chi connectivity index (χ1) is 15.2. The molecule has 180 valence electrons. The number of imidazole rings is 1. The van der Waals surface area contributed by atoms with Gasteiger partial charge in [-0.3, -0.25) is 0 Å². The van der Waals surface area contributed by atoms with Gasteiger partial charge in [0.05, 0.1) is 6.33 Å². The van der Waals surface area contributed by atoms with Gasteiger partial charge in [-0.2, -0.15) is 9.97 Å². The van der Waals surface area contributed by atoms with Crippen LogP contribution in [0.5, 0.6) is 0 Å². The molecule has 33 heavy (non-hydrogen) atoms. The zero-order valence-corrected chi connectivity index (χ0v) is 20.2. The Morgan fingerprint density at radius 3 is 2.45 bits per heavy atom. The summed E-state index contributed by atoms with van der Waals surface area (Å²) < 4.78 is 16.3. The molecular weight excluding hydrogens is 464 g/mol. The van der Waals surface area contributed by atoms with Gasteiger partial charge in [0.2, 0.25) is 5.95 Å². The molecule has 3 aromatic rings. The van der Waals surface area contributed by atoms with Crippen LogP contribution in [-0.2, 0) is 6.54 Å². The van der Waals surface area contributed by atoms with Crippen molar-refractivity contribution in [2.24, 2.45) is 5.73 Å². The van der Waals surface area contributed by atoms with Crippen LogP contribution in [0.3, 0.4) is 0 Å². The van der Waals surface area contributed by atoms with Gasteiger partial charge in [0.15, 0.2) is 17.0 Å². The summed E-state index contributed by atoms with van der Waals surface area (Å²) in [4.78, 5) is 14.2. The van der Waals surface area contributed by atoms with E-state index in [9.17, 15) is 4.39 Å². The first kappa shape index (κ1) is 25.5. The third kappa shape index (κ3) is 5.67. The minimum absolute atomic E-state index is 0. The molecule has 10 heteroatoms. The predicted molar refractivity (Wildman–Crippen MR) is 135 cm³/mol. The van der Waals surface area contributed by atoms with E-state index in [2.05, 4.69) is 20.2 Å². The van der Waals surface area contributed by atoms with E-state index in [0.29, 0.717) is 42.0 Å². The molecule has 0 amide bonds. The average Bonchev–Trinajstić information content (AvgIpc) is 3.44. The van der Waals surface area contributed by atoms with Crippen LogP contribution >= 0.6 is 24.8 Å². The van der Waals surface area contributed by atoms with Crippen molar-refractivity contribution in [3.8, 4) is 0 Å². The Labute approximate surface area is 206 Å². The lowest BCUT2D eigenvalue weighted by atomic mass is 9.92. The number of fused-ring (bicyclic) bond motifs is 1. The van der Waals surface area contributed by atoms with Crippen molar-refractivity contribution in [3.63, 3.8) is 0 Å². The molecule has 0 aliphatic heterocycles. The minimum Gasteiger partial charge on any atom is -0.364 e. The van der Waals surface area contributed by atoms with E-state index in [1.807, 2.05) is 12.4 Å². The van der Waals surface area contributed by atoms with E-state index in [1.165, 1.54) is 18.9 Å². The summed E-state index contributed by atoms with van der Waals surface area (Å²) in [5, 5.41) is 6.82. The second kappa shape index (κ2) is 11.3. The van der Waals surface area contributed by atoms with Crippen LogP contribution in [0.25, 0.3) is 11.2 Å². The molecular formula is C23H32Cl2FN7. The van der Waals surface area contributed by atoms with Crippen molar-refractivity contribution in [1.82, 2.24) is 19.5 Å². The van der Waals surface area contributed by atoms with Crippen LogP contribution in [-0.4, -0.2) is 31.6 Å². The van der Waals surface area contributed by atoms with Gasteiger partial charge in [0.25, 0.3) is 0 Å². The van der Waals surface area contributed by atoms with Crippen LogP contribution in [0.15, 0.2) is 30.6 Å². The summed E-state index contributed by atoms with van der Waals surface area (Å²) in [5.41, 5.74) is 8.23. The normalized spacial score (nSPS) is 20.8. The van der Waals surface area contributed by atoms with E-state index in [-0.39, 0.29) is 30.6 Å². The molecule has 2 saturated carbocycles. The quantitative estimate of drug-likeness (QED) is 0.434. The molecule has 0 bridgehead atoms. The van der Waals surface area contributed by atoms with E-state index < -0.39 is 0 Å². The topological polar surface area (TPSA) is 93.7 Å². The van der Waals surface area contributed by atoms with Gasteiger partial charge < -0.3 is 20.9 Å². The Bertz CT molecular complexity index is 1050. The smallest absolute Gasteiger partial charge is 0.227 e. The number of halogens is 3. The van der Waals surface area contributed by atoms with Crippen molar-refractivity contribution in [1.29, 1.82) is 0 Å². The molecule has 2 aliphatic rings. The van der Waals surface area contributed by atoms with Gasteiger partial charge in [0, 0.05) is 30.2 Å². The molecule has 2 aliphatic carbocycles. The van der Waals surface area contributed by atoms with Crippen molar-refractivity contribution in [2.45, 2.75) is 76.0 Å². The van der Waals surface area contributed by atoms with Gasteiger partial charge in [-0.1, -0.05) is 31.0 Å². The summed E-state index contributed by atoms with van der Waals surface area (Å²) in [5.74, 6) is 1.01. The first-order valence-corrected chi connectivity index (χ1v) is 11.4. The molecule has 0 atom stereocenters.